The zero-order chi connectivity index (χ0) is 15.0. The van der Waals surface area contributed by atoms with Crippen molar-refractivity contribution in [1.82, 2.24) is 0 Å². The summed E-state index contributed by atoms with van der Waals surface area (Å²) in [5.41, 5.74) is 1.40. The molecule has 0 saturated carbocycles. The number of nitrogens with zero attached hydrogens (tertiary/aromatic N) is 2. The molecule has 2 rings (SSSR count). The van der Waals surface area contributed by atoms with Crippen molar-refractivity contribution in [3.63, 3.8) is 0 Å². The fourth-order valence-corrected chi connectivity index (χ4v) is 1.48. The van der Waals surface area contributed by atoms with Crippen LogP contribution in [0.5, 0.6) is 0 Å². The summed E-state index contributed by atoms with van der Waals surface area (Å²) in [5.74, 6) is 0. The monoisotopic (exact) mass is 274 g/mol. The maximum Gasteiger partial charge on any atom is 0.476 e. The Morgan fingerprint density at radius 1 is 0.800 bits per heavy atom. The lowest BCUT2D eigenvalue weighted by Crippen LogP contribution is -2.19. The summed E-state index contributed by atoms with van der Waals surface area (Å²) >= 11 is 0. The molecule has 0 atom stereocenters. The largest absolute Gasteiger partial charge is 0.476 e. The van der Waals surface area contributed by atoms with E-state index in [0.29, 0.717) is 0 Å². The van der Waals surface area contributed by atoms with Gasteiger partial charge in [-0.2, -0.15) is 0 Å². The fourth-order valence-electron chi connectivity index (χ4n) is 1.48. The Kier molecular flexibility index (Phi) is 5.83. The van der Waals surface area contributed by atoms with Crippen LogP contribution >= 0.6 is 0 Å². The van der Waals surface area contributed by atoms with E-state index >= 15 is 0 Å². The molecular weight excluding hydrogens is 260 g/mol. The summed E-state index contributed by atoms with van der Waals surface area (Å²) in [6.07, 6.45) is -1.86. The summed E-state index contributed by atoms with van der Waals surface area (Å²) < 4.78 is 0. The van der Waals surface area contributed by atoms with Crippen LogP contribution in [-0.4, -0.2) is 9.85 Å². The highest BCUT2D eigenvalue weighted by Crippen LogP contribution is 2.15. The predicted molar refractivity (Wildman–Crippen MR) is 74.4 cm³/mol. The molecule has 2 aromatic rings. The van der Waals surface area contributed by atoms with Gasteiger partial charge in [0.2, 0.25) is 0 Å². The van der Waals surface area contributed by atoms with E-state index in [-0.39, 0.29) is 5.56 Å². The summed E-state index contributed by atoms with van der Waals surface area (Å²) in [5, 5.41) is 20.6. The third-order valence-electron chi connectivity index (χ3n) is 2.44. The van der Waals surface area contributed by atoms with Crippen molar-refractivity contribution in [3.8, 4) is 0 Å². The molecule has 0 N–H and O–H groups in total. The van der Waals surface area contributed by atoms with Gasteiger partial charge in [-0.05, 0) is 19.1 Å². The molecule has 0 saturated heterocycles. The first-order valence-corrected chi connectivity index (χ1v) is 5.86. The van der Waals surface area contributed by atoms with E-state index in [9.17, 15) is 20.2 Å². The molecule has 104 valence electrons. The van der Waals surface area contributed by atoms with Crippen LogP contribution in [0, 0.1) is 27.2 Å². The van der Waals surface area contributed by atoms with Crippen LogP contribution in [0.3, 0.4) is 0 Å². The summed E-state index contributed by atoms with van der Waals surface area (Å²) in [4.78, 5) is 18.8. The summed E-state index contributed by atoms with van der Waals surface area (Å²) in [6.45, 7) is 2.08. The van der Waals surface area contributed by atoms with Gasteiger partial charge in [0.25, 0.3) is 0 Å². The van der Waals surface area contributed by atoms with Gasteiger partial charge in [0, 0.05) is 0 Å². The normalized spacial score (nSPS) is 9.50. The van der Waals surface area contributed by atoms with Gasteiger partial charge in [-0.3, -0.25) is 20.2 Å². The van der Waals surface area contributed by atoms with E-state index in [4.69, 9.17) is 0 Å². The maximum absolute atomic E-state index is 10.3. The number of nitro groups is 2. The van der Waals surface area contributed by atoms with E-state index in [1.165, 1.54) is 29.8 Å². The topological polar surface area (TPSA) is 86.3 Å². The Morgan fingerprint density at radius 2 is 1.20 bits per heavy atom. The molecule has 0 bridgehead atoms. The molecule has 0 fully saturated rings. The highest BCUT2D eigenvalue weighted by molar-refractivity contribution is 5.15. The number of aryl methyl sites for hydroxylation is 1. The minimum atomic E-state index is -1.86. The van der Waals surface area contributed by atoms with Crippen LogP contribution in [0.4, 0.5) is 0 Å². The fraction of sp³-hybridized carbons (Fsp3) is 0.143. The first kappa shape index (κ1) is 15.3. The minimum absolute atomic E-state index is 0.0810. The molecule has 0 unspecified atom stereocenters. The molecule has 0 spiro atoms. The molecule has 6 heteroatoms. The van der Waals surface area contributed by atoms with Crippen molar-refractivity contribution in [2.75, 3.05) is 0 Å². The van der Waals surface area contributed by atoms with E-state index in [2.05, 4.69) is 19.1 Å². The van der Waals surface area contributed by atoms with Crippen LogP contribution in [0.15, 0.2) is 60.7 Å². The third-order valence-corrected chi connectivity index (χ3v) is 2.44. The molecule has 0 aliphatic heterocycles. The second-order valence-electron chi connectivity index (χ2n) is 4.01. The summed E-state index contributed by atoms with van der Waals surface area (Å²) in [6, 6.07) is 17.7. The standard InChI is InChI=1S/C7H6N2O4.C7H8/c10-8(11)7(9(12)13)6-4-2-1-3-5-6;1-7-5-3-2-4-6-7/h1-5,7H;2-6H,1H3. The number of rotatable bonds is 3. The van der Waals surface area contributed by atoms with E-state index in [0.717, 1.165) is 0 Å². The number of hydrogen-bond donors (Lipinski definition) is 0. The second-order valence-corrected chi connectivity index (χ2v) is 4.01. The van der Waals surface area contributed by atoms with Gasteiger partial charge >= 0.3 is 6.17 Å². The Morgan fingerprint density at radius 3 is 1.50 bits per heavy atom. The molecule has 0 aliphatic rings. The lowest BCUT2D eigenvalue weighted by atomic mass is 10.2. The second kappa shape index (κ2) is 7.63. The SMILES string of the molecule is Cc1ccccc1.O=[N+]([O-])C(c1ccccc1)[N+](=O)[O-]. The highest BCUT2D eigenvalue weighted by Gasteiger charge is 2.33. The van der Waals surface area contributed by atoms with Crippen LogP contribution in [0.25, 0.3) is 0 Å². The molecule has 0 amide bonds. The van der Waals surface area contributed by atoms with Gasteiger partial charge in [-0.1, -0.05) is 54.1 Å². The zero-order valence-corrected chi connectivity index (χ0v) is 10.9. The molecule has 6 nitrogen and oxygen atoms in total. The molecule has 0 aliphatic carbocycles. The quantitative estimate of drug-likeness (QED) is 0.488. The smallest absolute Gasteiger partial charge is 0.258 e. The third kappa shape index (κ3) is 4.85. The van der Waals surface area contributed by atoms with Crippen molar-refractivity contribution in [2.24, 2.45) is 0 Å². The van der Waals surface area contributed by atoms with Crippen LogP contribution in [0.1, 0.15) is 17.3 Å². The van der Waals surface area contributed by atoms with Crippen molar-refractivity contribution in [3.05, 3.63) is 92.0 Å². The molecule has 0 aromatic heterocycles. The van der Waals surface area contributed by atoms with E-state index < -0.39 is 16.0 Å². The lowest BCUT2D eigenvalue weighted by Gasteiger charge is -2.00. The summed E-state index contributed by atoms with van der Waals surface area (Å²) in [7, 11) is 0. The first-order valence-electron chi connectivity index (χ1n) is 5.86. The van der Waals surface area contributed by atoms with Crippen LogP contribution < -0.4 is 0 Å². The first-order chi connectivity index (χ1) is 9.52. The Labute approximate surface area is 116 Å². The van der Waals surface area contributed by atoms with Gasteiger partial charge in [0.05, 0.1) is 0 Å². The molecule has 0 radical (unpaired) electrons. The molecule has 20 heavy (non-hydrogen) atoms. The van der Waals surface area contributed by atoms with Crippen molar-refractivity contribution in [2.45, 2.75) is 13.1 Å². The van der Waals surface area contributed by atoms with Gasteiger partial charge in [-0.15, -0.1) is 0 Å². The predicted octanol–water partition coefficient (Wildman–Crippen LogP) is 3.23. The number of benzene rings is 2. The molecular formula is C14H14N2O4. The van der Waals surface area contributed by atoms with Crippen molar-refractivity contribution >= 4 is 0 Å². The Bertz CT molecular complexity index is 544. The zero-order valence-electron chi connectivity index (χ0n) is 10.9. The van der Waals surface area contributed by atoms with E-state index in [1.54, 1.807) is 6.07 Å². The van der Waals surface area contributed by atoms with Gasteiger partial charge in [0.15, 0.2) is 0 Å². The Balaban J connectivity index is 0.000000240. The lowest BCUT2D eigenvalue weighted by molar-refractivity contribution is -0.752. The number of hydrogen-bond acceptors (Lipinski definition) is 4. The van der Waals surface area contributed by atoms with Gasteiger partial charge in [0.1, 0.15) is 15.4 Å². The average Bonchev–Trinajstić information content (AvgIpc) is 2.40. The van der Waals surface area contributed by atoms with Crippen molar-refractivity contribution < 1.29 is 9.85 Å². The highest BCUT2D eigenvalue weighted by atomic mass is 16.7. The van der Waals surface area contributed by atoms with Gasteiger partial charge < -0.3 is 0 Å². The Hall–Kier alpha value is -2.76. The molecule has 2 aromatic carbocycles. The van der Waals surface area contributed by atoms with Crippen LogP contribution in [-0.2, 0) is 0 Å². The average molecular weight is 274 g/mol. The van der Waals surface area contributed by atoms with E-state index in [1.807, 2.05) is 18.2 Å². The van der Waals surface area contributed by atoms with Crippen LogP contribution in [0.2, 0.25) is 0 Å². The van der Waals surface area contributed by atoms with Crippen molar-refractivity contribution in [1.29, 1.82) is 0 Å². The molecule has 0 heterocycles. The minimum Gasteiger partial charge on any atom is -0.258 e. The maximum atomic E-state index is 10.3. The van der Waals surface area contributed by atoms with Gasteiger partial charge in [-0.25, -0.2) is 0 Å².